The number of aromatic nitrogens is 1. The Kier molecular flexibility index (Phi) is 2.81. The Bertz CT molecular complexity index is 487. The maximum atomic E-state index is 12.0. The molecular formula is C11H13N3O3. The topological polar surface area (TPSA) is 96.5 Å². The molecule has 90 valence electrons. The van der Waals surface area contributed by atoms with Gasteiger partial charge in [-0.25, -0.2) is 0 Å². The number of amides is 2. The zero-order valence-corrected chi connectivity index (χ0v) is 9.38. The monoisotopic (exact) mass is 235 g/mol. The van der Waals surface area contributed by atoms with Gasteiger partial charge in [0.05, 0.1) is 12.6 Å². The van der Waals surface area contributed by atoms with Crippen molar-refractivity contribution in [3.8, 4) is 0 Å². The van der Waals surface area contributed by atoms with Crippen LogP contribution in [0, 0.1) is 0 Å². The third-order valence-corrected chi connectivity index (χ3v) is 2.91. The summed E-state index contributed by atoms with van der Waals surface area (Å²) in [6, 6.07) is 1.27. The first-order valence-corrected chi connectivity index (χ1v) is 5.25. The number of primary amides is 1. The molecule has 6 heteroatoms. The second kappa shape index (κ2) is 4.14. The number of hydrogen-bond acceptors (Lipinski definition) is 4. The number of hydrogen-bond donors (Lipinski definition) is 2. The Labute approximate surface area is 98.1 Å². The normalized spacial score (nSPS) is 15.9. The molecule has 2 rings (SSSR count). The van der Waals surface area contributed by atoms with Gasteiger partial charge in [0.15, 0.2) is 0 Å². The van der Waals surface area contributed by atoms with Crippen molar-refractivity contribution in [2.75, 3.05) is 6.61 Å². The van der Waals surface area contributed by atoms with Gasteiger partial charge in [-0.2, -0.15) is 0 Å². The fourth-order valence-corrected chi connectivity index (χ4v) is 1.92. The van der Waals surface area contributed by atoms with Crippen LogP contribution in [0.1, 0.15) is 33.3 Å². The first-order chi connectivity index (χ1) is 8.06. The molecule has 2 amide bonds. The summed E-state index contributed by atoms with van der Waals surface area (Å²) in [7, 11) is 0. The Hall–Kier alpha value is -1.95. The molecule has 2 heterocycles. The number of rotatable bonds is 3. The molecule has 1 aliphatic heterocycles. The lowest BCUT2D eigenvalue weighted by Crippen LogP contribution is -2.35. The smallest absolute Gasteiger partial charge is 0.267 e. The second-order valence-electron chi connectivity index (χ2n) is 4.01. The molecule has 0 saturated heterocycles. The third-order valence-electron chi connectivity index (χ3n) is 2.91. The number of nitrogens with two attached hydrogens (primary N) is 1. The molecule has 0 saturated carbocycles. The van der Waals surface area contributed by atoms with E-state index in [-0.39, 0.29) is 30.8 Å². The molecule has 1 aliphatic rings. The minimum absolute atomic E-state index is 0.126. The number of carbonyl (C=O) groups is 2. The van der Waals surface area contributed by atoms with E-state index >= 15 is 0 Å². The average Bonchev–Trinajstić information content (AvgIpc) is 2.66. The molecule has 1 aromatic heterocycles. The molecule has 0 unspecified atom stereocenters. The molecule has 0 aromatic carbocycles. The Morgan fingerprint density at radius 1 is 1.71 bits per heavy atom. The first kappa shape index (κ1) is 11.5. The lowest BCUT2D eigenvalue weighted by Gasteiger charge is -2.21. The third kappa shape index (κ3) is 1.76. The molecular weight excluding hydrogens is 222 g/mol. The van der Waals surface area contributed by atoms with E-state index in [0.717, 1.165) is 0 Å². The van der Waals surface area contributed by atoms with Gasteiger partial charge in [0.25, 0.3) is 11.8 Å². The number of carbonyl (C=O) groups excluding carboxylic acids is 2. The molecule has 3 N–H and O–H groups in total. The summed E-state index contributed by atoms with van der Waals surface area (Å²) in [4.78, 5) is 28.6. The predicted molar refractivity (Wildman–Crippen MR) is 59.2 cm³/mol. The second-order valence-corrected chi connectivity index (χ2v) is 4.01. The summed E-state index contributed by atoms with van der Waals surface area (Å²) in [6.07, 6.45) is 1.39. The van der Waals surface area contributed by atoms with Gasteiger partial charge in [-0.05, 0) is 13.0 Å². The maximum Gasteiger partial charge on any atom is 0.267 e. The highest BCUT2D eigenvalue weighted by molar-refractivity contribution is 6.03. The fraction of sp³-hybridized carbons (Fsp3) is 0.364. The van der Waals surface area contributed by atoms with Gasteiger partial charge in [-0.3, -0.25) is 14.6 Å². The average molecular weight is 235 g/mol. The van der Waals surface area contributed by atoms with Gasteiger partial charge in [-0.15, -0.1) is 0 Å². The number of aliphatic hydroxyl groups excluding tert-OH is 1. The predicted octanol–water partition coefficient (Wildman–Crippen LogP) is -0.483. The molecule has 0 radical (unpaired) electrons. The maximum absolute atomic E-state index is 12.0. The molecule has 0 bridgehead atoms. The van der Waals surface area contributed by atoms with Crippen molar-refractivity contribution in [2.45, 2.75) is 19.5 Å². The minimum Gasteiger partial charge on any atom is -0.394 e. The summed E-state index contributed by atoms with van der Waals surface area (Å²) in [6.45, 7) is 1.88. The molecule has 0 aliphatic carbocycles. The van der Waals surface area contributed by atoms with Gasteiger partial charge in [0.1, 0.15) is 5.69 Å². The molecule has 0 spiro atoms. The van der Waals surface area contributed by atoms with Crippen LogP contribution in [0.3, 0.4) is 0 Å². The van der Waals surface area contributed by atoms with Crippen LogP contribution >= 0.6 is 0 Å². The van der Waals surface area contributed by atoms with E-state index in [0.29, 0.717) is 11.1 Å². The van der Waals surface area contributed by atoms with Gasteiger partial charge < -0.3 is 15.7 Å². The number of aliphatic hydroxyl groups is 1. The first-order valence-electron chi connectivity index (χ1n) is 5.25. The van der Waals surface area contributed by atoms with Crippen molar-refractivity contribution < 1.29 is 14.7 Å². The number of pyridine rings is 1. The van der Waals surface area contributed by atoms with Crippen LogP contribution < -0.4 is 5.73 Å². The van der Waals surface area contributed by atoms with Gasteiger partial charge in [0, 0.05) is 23.9 Å². The number of nitrogens with zero attached hydrogens (tertiary/aromatic N) is 2. The van der Waals surface area contributed by atoms with Crippen LogP contribution in [-0.2, 0) is 6.54 Å². The van der Waals surface area contributed by atoms with Gasteiger partial charge in [-0.1, -0.05) is 0 Å². The standard InChI is InChI=1S/C11H13N3O3/c1-6(5-15)14-4-8-7(11(14)17)2-3-13-9(8)10(12)16/h2-3,6,15H,4-5H2,1H3,(H2,12,16)/t6-/m0/s1. The van der Waals surface area contributed by atoms with Crippen molar-refractivity contribution in [3.63, 3.8) is 0 Å². The number of fused-ring (bicyclic) bond motifs is 1. The van der Waals surface area contributed by atoms with E-state index in [2.05, 4.69) is 4.98 Å². The summed E-state index contributed by atoms with van der Waals surface area (Å²) in [5.41, 5.74) is 6.32. The molecule has 0 fully saturated rings. The van der Waals surface area contributed by atoms with Crippen molar-refractivity contribution in [2.24, 2.45) is 5.73 Å². The molecule has 17 heavy (non-hydrogen) atoms. The van der Waals surface area contributed by atoms with Crippen LogP contribution in [0.15, 0.2) is 12.3 Å². The van der Waals surface area contributed by atoms with Gasteiger partial charge >= 0.3 is 0 Å². The highest BCUT2D eigenvalue weighted by atomic mass is 16.3. The van der Waals surface area contributed by atoms with Crippen molar-refractivity contribution in [3.05, 3.63) is 29.1 Å². The van der Waals surface area contributed by atoms with E-state index in [9.17, 15) is 9.59 Å². The van der Waals surface area contributed by atoms with E-state index in [4.69, 9.17) is 10.8 Å². The highest BCUT2D eigenvalue weighted by Gasteiger charge is 2.33. The van der Waals surface area contributed by atoms with Gasteiger partial charge in [0.2, 0.25) is 0 Å². The van der Waals surface area contributed by atoms with E-state index < -0.39 is 5.91 Å². The highest BCUT2D eigenvalue weighted by Crippen LogP contribution is 2.26. The van der Waals surface area contributed by atoms with Crippen LogP contribution in [0.4, 0.5) is 0 Å². The lowest BCUT2D eigenvalue weighted by atomic mass is 10.1. The fourth-order valence-electron chi connectivity index (χ4n) is 1.92. The van der Waals surface area contributed by atoms with Crippen LogP contribution in [0.25, 0.3) is 0 Å². The Morgan fingerprint density at radius 3 is 3.00 bits per heavy atom. The van der Waals surface area contributed by atoms with Crippen LogP contribution in [0.2, 0.25) is 0 Å². The Balaban J connectivity index is 2.44. The van der Waals surface area contributed by atoms with Crippen molar-refractivity contribution in [1.29, 1.82) is 0 Å². The summed E-state index contributed by atoms with van der Waals surface area (Å²) >= 11 is 0. The van der Waals surface area contributed by atoms with Crippen molar-refractivity contribution in [1.82, 2.24) is 9.88 Å². The lowest BCUT2D eigenvalue weighted by molar-refractivity contribution is 0.0643. The van der Waals surface area contributed by atoms with Crippen LogP contribution in [0.5, 0.6) is 0 Å². The molecule has 1 atom stereocenters. The minimum atomic E-state index is -0.645. The molecule has 6 nitrogen and oxygen atoms in total. The zero-order valence-electron chi connectivity index (χ0n) is 9.38. The SMILES string of the molecule is C[C@@H](CO)N1Cc2c(ccnc2C(N)=O)C1=O. The van der Waals surface area contributed by atoms with E-state index in [1.54, 1.807) is 13.0 Å². The molecule has 1 aromatic rings. The van der Waals surface area contributed by atoms with Crippen molar-refractivity contribution >= 4 is 11.8 Å². The quantitative estimate of drug-likeness (QED) is 0.739. The summed E-state index contributed by atoms with van der Waals surface area (Å²) < 4.78 is 0. The van der Waals surface area contributed by atoms with E-state index in [1.807, 2.05) is 0 Å². The van der Waals surface area contributed by atoms with Crippen LogP contribution in [-0.4, -0.2) is 39.5 Å². The van der Waals surface area contributed by atoms with E-state index in [1.165, 1.54) is 11.1 Å². The summed E-state index contributed by atoms with van der Waals surface area (Å²) in [5.74, 6) is -0.848. The Morgan fingerprint density at radius 2 is 2.41 bits per heavy atom. The zero-order chi connectivity index (χ0) is 12.6. The largest absolute Gasteiger partial charge is 0.394 e. The summed E-state index contributed by atoms with van der Waals surface area (Å²) in [5, 5.41) is 9.07.